The van der Waals surface area contributed by atoms with Crippen LogP contribution in [0.15, 0.2) is 30.5 Å². The molecule has 5 nitrogen and oxygen atoms in total. The molecule has 0 radical (unpaired) electrons. The van der Waals surface area contributed by atoms with Gasteiger partial charge in [-0.15, -0.1) is 0 Å². The molecule has 0 aliphatic rings. The van der Waals surface area contributed by atoms with Gasteiger partial charge in [0.2, 0.25) is 0 Å². The van der Waals surface area contributed by atoms with Crippen molar-refractivity contribution in [2.75, 3.05) is 5.73 Å². The lowest BCUT2D eigenvalue weighted by molar-refractivity contribution is 0.0697. The van der Waals surface area contributed by atoms with Gasteiger partial charge in [-0.3, -0.25) is 0 Å². The zero-order chi connectivity index (χ0) is 12.4. The molecule has 0 unspecified atom stereocenters. The first kappa shape index (κ1) is 11.0. The van der Waals surface area contributed by atoms with E-state index in [1.54, 1.807) is 6.07 Å². The maximum atomic E-state index is 13.4. The Morgan fingerprint density at radius 1 is 1.35 bits per heavy atom. The van der Waals surface area contributed by atoms with Crippen LogP contribution in [0.1, 0.15) is 10.4 Å². The van der Waals surface area contributed by atoms with Crippen molar-refractivity contribution in [2.45, 2.75) is 0 Å². The summed E-state index contributed by atoms with van der Waals surface area (Å²) in [4.78, 5) is 18.3. The molecule has 1 heterocycles. The van der Waals surface area contributed by atoms with Crippen LogP contribution >= 0.6 is 0 Å². The van der Waals surface area contributed by atoms with Crippen LogP contribution in [0.4, 0.5) is 10.2 Å². The minimum absolute atomic E-state index is 0.0607. The van der Waals surface area contributed by atoms with E-state index >= 15 is 0 Å². The Hall–Kier alpha value is -2.50. The summed E-state index contributed by atoms with van der Waals surface area (Å²) in [6, 6.07) is 5.92. The SMILES string of the molecule is Nc1nc(-c2ccccc2F)ncc1C(=O)O. The van der Waals surface area contributed by atoms with Crippen LogP contribution in [0, 0.1) is 5.82 Å². The quantitative estimate of drug-likeness (QED) is 0.821. The van der Waals surface area contributed by atoms with Crippen molar-refractivity contribution in [2.24, 2.45) is 0 Å². The van der Waals surface area contributed by atoms with Crippen molar-refractivity contribution >= 4 is 11.8 Å². The third-order valence-electron chi connectivity index (χ3n) is 2.16. The number of aromatic nitrogens is 2. The number of anilines is 1. The second-order valence-electron chi connectivity index (χ2n) is 3.28. The number of carboxylic acid groups (broad SMARTS) is 1. The van der Waals surface area contributed by atoms with Gasteiger partial charge in [-0.1, -0.05) is 12.1 Å². The second kappa shape index (κ2) is 4.17. The first-order valence-electron chi connectivity index (χ1n) is 4.70. The van der Waals surface area contributed by atoms with E-state index in [9.17, 15) is 9.18 Å². The summed E-state index contributed by atoms with van der Waals surface area (Å²) in [6.45, 7) is 0. The highest BCUT2D eigenvalue weighted by Gasteiger charge is 2.13. The van der Waals surface area contributed by atoms with Crippen molar-refractivity contribution < 1.29 is 14.3 Å². The molecule has 86 valence electrons. The van der Waals surface area contributed by atoms with Crippen LogP contribution in [-0.4, -0.2) is 21.0 Å². The van der Waals surface area contributed by atoms with E-state index in [1.165, 1.54) is 18.2 Å². The molecule has 2 rings (SSSR count). The molecule has 0 amide bonds. The van der Waals surface area contributed by atoms with Crippen LogP contribution in [0.5, 0.6) is 0 Å². The Balaban J connectivity index is 2.52. The summed E-state index contributed by atoms with van der Waals surface area (Å²) in [6.07, 6.45) is 1.06. The molecule has 3 N–H and O–H groups in total. The summed E-state index contributed by atoms with van der Waals surface area (Å²) in [5, 5.41) is 8.75. The number of carbonyl (C=O) groups is 1. The van der Waals surface area contributed by atoms with Gasteiger partial charge in [0.15, 0.2) is 5.82 Å². The molecule has 6 heteroatoms. The average molecular weight is 233 g/mol. The minimum atomic E-state index is -1.22. The summed E-state index contributed by atoms with van der Waals surface area (Å²) < 4.78 is 13.4. The molecule has 0 bridgehead atoms. The normalized spacial score (nSPS) is 10.2. The number of carboxylic acids is 1. The number of aromatic carboxylic acids is 1. The van der Waals surface area contributed by atoms with Crippen LogP contribution in [0.3, 0.4) is 0 Å². The van der Waals surface area contributed by atoms with Gasteiger partial charge in [-0.2, -0.15) is 0 Å². The van der Waals surface area contributed by atoms with Crippen LogP contribution < -0.4 is 5.73 Å². The number of nitrogen functional groups attached to an aromatic ring is 1. The van der Waals surface area contributed by atoms with E-state index in [0.717, 1.165) is 6.20 Å². The molecular formula is C11H8FN3O2. The van der Waals surface area contributed by atoms with E-state index in [4.69, 9.17) is 10.8 Å². The summed E-state index contributed by atoms with van der Waals surface area (Å²) in [5.74, 6) is -1.84. The van der Waals surface area contributed by atoms with Crippen molar-refractivity contribution in [3.63, 3.8) is 0 Å². The Morgan fingerprint density at radius 3 is 2.65 bits per heavy atom. The number of rotatable bonds is 2. The molecule has 1 aromatic heterocycles. The Kier molecular flexibility index (Phi) is 2.70. The number of benzene rings is 1. The molecule has 0 aliphatic heterocycles. The summed E-state index contributed by atoms with van der Waals surface area (Å²) in [7, 11) is 0. The highest BCUT2D eigenvalue weighted by Crippen LogP contribution is 2.20. The monoisotopic (exact) mass is 233 g/mol. The highest BCUT2D eigenvalue weighted by atomic mass is 19.1. The van der Waals surface area contributed by atoms with Crippen LogP contribution in [0.2, 0.25) is 0 Å². The molecule has 0 aliphatic carbocycles. The predicted octanol–water partition coefficient (Wildman–Crippen LogP) is 1.56. The maximum Gasteiger partial charge on any atom is 0.341 e. The third-order valence-corrected chi connectivity index (χ3v) is 2.16. The van der Waals surface area contributed by atoms with Crippen molar-refractivity contribution in [1.82, 2.24) is 9.97 Å². The lowest BCUT2D eigenvalue weighted by atomic mass is 10.2. The molecule has 0 fully saturated rings. The third kappa shape index (κ3) is 2.05. The van der Waals surface area contributed by atoms with Crippen LogP contribution in [-0.2, 0) is 0 Å². The van der Waals surface area contributed by atoms with Gasteiger partial charge in [0, 0.05) is 6.20 Å². The molecular weight excluding hydrogens is 225 g/mol. The fourth-order valence-corrected chi connectivity index (χ4v) is 1.33. The molecule has 0 saturated heterocycles. The van der Waals surface area contributed by atoms with Gasteiger partial charge in [0.25, 0.3) is 0 Å². The number of halogens is 1. The fraction of sp³-hybridized carbons (Fsp3) is 0. The summed E-state index contributed by atoms with van der Waals surface area (Å²) in [5.41, 5.74) is 5.43. The minimum Gasteiger partial charge on any atom is -0.477 e. The Labute approximate surface area is 95.8 Å². The van der Waals surface area contributed by atoms with E-state index in [1.807, 2.05) is 0 Å². The average Bonchev–Trinajstić information content (AvgIpc) is 2.29. The lowest BCUT2D eigenvalue weighted by Crippen LogP contribution is -2.07. The van der Waals surface area contributed by atoms with E-state index in [2.05, 4.69) is 9.97 Å². The van der Waals surface area contributed by atoms with Gasteiger partial charge < -0.3 is 10.8 Å². The van der Waals surface area contributed by atoms with Crippen LogP contribution in [0.25, 0.3) is 11.4 Å². The molecule has 0 atom stereocenters. The molecule has 2 aromatic rings. The number of hydrogen-bond acceptors (Lipinski definition) is 4. The zero-order valence-corrected chi connectivity index (χ0v) is 8.59. The zero-order valence-electron chi connectivity index (χ0n) is 8.59. The molecule has 1 aromatic carbocycles. The lowest BCUT2D eigenvalue weighted by Gasteiger charge is -2.04. The maximum absolute atomic E-state index is 13.4. The van der Waals surface area contributed by atoms with Gasteiger partial charge in [0.1, 0.15) is 17.2 Å². The van der Waals surface area contributed by atoms with E-state index in [-0.39, 0.29) is 22.8 Å². The van der Waals surface area contributed by atoms with Gasteiger partial charge in [-0.05, 0) is 12.1 Å². The van der Waals surface area contributed by atoms with Gasteiger partial charge in [-0.25, -0.2) is 19.2 Å². The first-order valence-corrected chi connectivity index (χ1v) is 4.70. The van der Waals surface area contributed by atoms with Gasteiger partial charge in [0.05, 0.1) is 5.56 Å². The first-order chi connectivity index (χ1) is 8.09. The molecule has 0 spiro atoms. The van der Waals surface area contributed by atoms with Gasteiger partial charge >= 0.3 is 5.97 Å². The molecule has 17 heavy (non-hydrogen) atoms. The Bertz CT molecular complexity index is 587. The number of nitrogens with two attached hydrogens (primary N) is 1. The van der Waals surface area contributed by atoms with Crippen molar-refractivity contribution in [3.05, 3.63) is 41.8 Å². The van der Waals surface area contributed by atoms with Crippen molar-refractivity contribution in [1.29, 1.82) is 0 Å². The standard InChI is InChI=1S/C11H8FN3O2/c12-8-4-2-1-3-6(8)10-14-5-7(11(16)17)9(13)15-10/h1-5H,(H,16,17)(H2,13,14,15). The smallest absolute Gasteiger partial charge is 0.341 e. The predicted molar refractivity (Wildman–Crippen MR) is 58.8 cm³/mol. The van der Waals surface area contributed by atoms with E-state index in [0.29, 0.717) is 0 Å². The largest absolute Gasteiger partial charge is 0.477 e. The highest BCUT2D eigenvalue weighted by molar-refractivity contribution is 5.92. The fourth-order valence-electron chi connectivity index (χ4n) is 1.33. The molecule has 0 saturated carbocycles. The Morgan fingerprint density at radius 2 is 2.06 bits per heavy atom. The topological polar surface area (TPSA) is 89.1 Å². The summed E-state index contributed by atoms with van der Waals surface area (Å²) >= 11 is 0. The number of nitrogens with zero attached hydrogens (tertiary/aromatic N) is 2. The second-order valence-corrected chi connectivity index (χ2v) is 3.28. The van der Waals surface area contributed by atoms with Crippen molar-refractivity contribution in [3.8, 4) is 11.4 Å². The number of hydrogen-bond donors (Lipinski definition) is 2. The van der Waals surface area contributed by atoms with E-state index < -0.39 is 11.8 Å².